The molecule has 0 radical (unpaired) electrons. The van der Waals surface area contributed by atoms with Gasteiger partial charge in [0.25, 0.3) is 0 Å². The Balaban J connectivity index is 1.93. The number of ketones is 1. The highest BCUT2D eigenvalue weighted by Gasteiger charge is 2.46. The summed E-state index contributed by atoms with van der Waals surface area (Å²) in [6.07, 6.45) is 3.93. The van der Waals surface area contributed by atoms with Gasteiger partial charge >= 0.3 is 6.09 Å². The lowest BCUT2D eigenvalue weighted by Crippen LogP contribution is -2.44. The zero-order valence-corrected chi connectivity index (χ0v) is 13.6. The minimum absolute atomic E-state index is 0.0820. The van der Waals surface area contributed by atoms with E-state index < -0.39 is 17.7 Å². The van der Waals surface area contributed by atoms with Crippen LogP contribution in [0.25, 0.3) is 0 Å². The third-order valence-corrected chi connectivity index (χ3v) is 4.34. The predicted octanol–water partition coefficient (Wildman–Crippen LogP) is 3.46. The van der Waals surface area contributed by atoms with Crippen molar-refractivity contribution in [2.75, 3.05) is 0 Å². The highest BCUT2D eigenvalue weighted by molar-refractivity contribution is 5.99. The number of alkyl carbamates (subject to hydrolysis) is 1. The first-order valence-corrected chi connectivity index (χ1v) is 7.85. The van der Waals surface area contributed by atoms with Crippen molar-refractivity contribution < 1.29 is 14.3 Å². The van der Waals surface area contributed by atoms with Gasteiger partial charge in [0.05, 0.1) is 6.04 Å². The molecule has 2 fully saturated rings. The number of nitrogens with one attached hydrogen (secondary N) is 1. The van der Waals surface area contributed by atoms with Crippen LogP contribution in [-0.4, -0.2) is 23.5 Å². The molecule has 0 aliphatic heterocycles. The molecule has 1 amide bonds. The van der Waals surface area contributed by atoms with Gasteiger partial charge in [-0.05, 0) is 76.7 Å². The Morgan fingerprint density at radius 3 is 2.29 bits per heavy atom. The van der Waals surface area contributed by atoms with E-state index in [1.54, 1.807) is 6.92 Å². The van der Waals surface area contributed by atoms with Gasteiger partial charge in [0.15, 0.2) is 5.78 Å². The van der Waals surface area contributed by atoms with E-state index in [0.29, 0.717) is 17.9 Å². The summed E-state index contributed by atoms with van der Waals surface area (Å²) in [5.74, 6) is 2.20. The number of Topliss-reactive ketones (excluding diaryl/α,β-unsaturated/α-hetero) is 1. The molecule has 0 spiro atoms. The largest absolute Gasteiger partial charge is 0.444 e. The minimum atomic E-state index is -0.560. The van der Waals surface area contributed by atoms with Crippen LogP contribution in [0.2, 0.25) is 0 Å². The van der Waals surface area contributed by atoms with Gasteiger partial charge in [-0.3, -0.25) is 4.79 Å². The molecule has 2 saturated carbocycles. The monoisotopic (exact) mass is 293 g/mol. The summed E-state index contributed by atoms with van der Waals surface area (Å²) in [6, 6.07) is -0.500. The second kappa shape index (κ2) is 5.82. The van der Waals surface area contributed by atoms with Crippen LogP contribution in [0.15, 0.2) is 12.2 Å². The summed E-state index contributed by atoms with van der Waals surface area (Å²) in [6.45, 7) is 10.8. The van der Waals surface area contributed by atoms with Crippen molar-refractivity contribution >= 4 is 11.9 Å². The molecule has 4 atom stereocenters. The van der Waals surface area contributed by atoms with E-state index in [4.69, 9.17) is 4.74 Å². The molecule has 1 N–H and O–H groups in total. The molecule has 0 saturated heterocycles. The van der Waals surface area contributed by atoms with Crippen LogP contribution in [0.5, 0.6) is 0 Å². The van der Waals surface area contributed by atoms with E-state index in [1.165, 1.54) is 19.3 Å². The second-order valence-electron chi connectivity index (χ2n) is 7.67. The Labute approximate surface area is 127 Å². The summed E-state index contributed by atoms with van der Waals surface area (Å²) >= 11 is 0. The molecule has 0 aromatic carbocycles. The number of rotatable bonds is 5. The van der Waals surface area contributed by atoms with E-state index in [1.807, 2.05) is 20.8 Å². The van der Waals surface area contributed by atoms with Gasteiger partial charge in [-0.1, -0.05) is 6.58 Å². The van der Waals surface area contributed by atoms with Crippen LogP contribution in [0.4, 0.5) is 4.79 Å². The number of ether oxygens (including phenoxy) is 1. The van der Waals surface area contributed by atoms with Crippen molar-refractivity contribution in [1.82, 2.24) is 5.32 Å². The summed E-state index contributed by atoms with van der Waals surface area (Å²) in [4.78, 5) is 24.2. The van der Waals surface area contributed by atoms with Crippen molar-refractivity contribution in [2.45, 2.75) is 65.0 Å². The summed E-state index contributed by atoms with van der Waals surface area (Å²) in [7, 11) is 0. The number of carbonyl (C=O) groups excluding carboxylic acids is 2. The van der Waals surface area contributed by atoms with E-state index in [-0.39, 0.29) is 5.78 Å². The fourth-order valence-electron chi connectivity index (χ4n) is 3.34. The highest BCUT2D eigenvalue weighted by atomic mass is 16.6. The Bertz CT molecular complexity index is 439. The van der Waals surface area contributed by atoms with E-state index in [2.05, 4.69) is 11.9 Å². The SMILES string of the molecule is C=C(C)C(=O)[C@H](C[C@H]1CC2C[C@H]2C1)NC(=O)OC(C)(C)C. The maximum atomic E-state index is 12.3. The molecule has 2 rings (SSSR count). The minimum Gasteiger partial charge on any atom is -0.444 e. The highest BCUT2D eigenvalue weighted by Crippen LogP contribution is 2.55. The van der Waals surface area contributed by atoms with Crippen LogP contribution >= 0.6 is 0 Å². The Morgan fingerprint density at radius 1 is 1.24 bits per heavy atom. The fourth-order valence-corrected chi connectivity index (χ4v) is 3.34. The predicted molar refractivity (Wildman–Crippen MR) is 81.9 cm³/mol. The normalized spacial score (nSPS) is 28.5. The molecule has 4 nitrogen and oxygen atoms in total. The van der Waals surface area contributed by atoms with Gasteiger partial charge in [-0.25, -0.2) is 4.79 Å². The maximum Gasteiger partial charge on any atom is 0.408 e. The van der Waals surface area contributed by atoms with Crippen molar-refractivity contribution in [3.63, 3.8) is 0 Å². The summed E-state index contributed by atoms with van der Waals surface area (Å²) < 4.78 is 5.26. The average Bonchev–Trinajstić information content (AvgIpc) is 2.92. The van der Waals surface area contributed by atoms with Gasteiger partial charge < -0.3 is 10.1 Å². The topological polar surface area (TPSA) is 55.4 Å². The molecule has 0 heterocycles. The Hall–Kier alpha value is -1.32. The van der Waals surface area contributed by atoms with Crippen LogP contribution in [-0.2, 0) is 9.53 Å². The molecule has 1 unspecified atom stereocenters. The Morgan fingerprint density at radius 2 is 1.81 bits per heavy atom. The van der Waals surface area contributed by atoms with Gasteiger partial charge in [-0.15, -0.1) is 0 Å². The number of hydrogen-bond donors (Lipinski definition) is 1. The first-order chi connectivity index (χ1) is 9.65. The smallest absolute Gasteiger partial charge is 0.408 e. The van der Waals surface area contributed by atoms with Crippen molar-refractivity contribution in [3.05, 3.63) is 12.2 Å². The third-order valence-electron chi connectivity index (χ3n) is 4.34. The van der Waals surface area contributed by atoms with Crippen molar-refractivity contribution in [3.8, 4) is 0 Å². The molecule has 21 heavy (non-hydrogen) atoms. The summed E-state index contributed by atoms with van der Waals surface area (Å²) in [5.41, 5.74) is -0.0742. The van der Waals surface area contributed by atoms with E-state index >= 15 is 0 Å². The zero-order valence-electron chi connectivity index (χ0n) is 13.6. The maximum absolute atomic E-state index is 12.3. The van der Waals surface area contributed by atoms with Crippen LogP contribution in [0.1, 0.15) is 53.4 Å². The number of hydrogen-bond acceptors (Lipinski definition) is 3. The quantitative estimate of drug-likeness (QED) is 0.790. The lowest BCUT2D eigenvalue weighted by molar-refractivity contribution is -0.117. The van der Waals surface area contributed by atoms with E-state index in [0.717, 1.165) is 11.8 Å². The molecule has 2 aliphatic carbocycles. The van der Waals surface area contributed by atoms with Crippen LogP contribution < -0.4 is 5.32 Å². The zero-order chi connectivity index (χ0) is 15.8. The van der Waals surface area contributed by atoms with Gasteiger partial charge in [0.2, 0.25) is 0 Å². The van der Waals surface area contributed by atoms with Crippen molar-refractivity contribution in [1.29, 1.82) is 0 Å². The second-order valence-corrected chi connectivity index (χ2v) is 7.67. The van der Waals surface area contributed by atoms with E-state index in [9.17, 15) is 9.59 Å². The lowest BCUT2D eigenvalue weighted by atomic mass is 9.91. The molecule has 0 aromatic heterocycles. The number of fused-ring (bicyclic) bond motifs is 1. The third kappa shape index (κ3) is 4.58. The fraction of sp³-hybridized carbons (Fsp3) is 0.765. The Kier molecular flexibility index (Phi) is 4.45. The molecule has 0 bridgehead atoms. The molecule has 118 valence electrons. The molecular weight excluding hydrogens is 266 g/mol. The average molecular weight is 293 g/mol. The standard InChI is InChI=1S/C17H27NO3/c1-10(2)15(19)14(18-16(20)21-17(3,4)5)8-11-6-12-9-13(12)7-11/h11-14H,1,6-9H2,2-5H3,(H,18,20)/t11-,12-,13?,14+/m1/s1. The van der Waals surface area contributed by atoms with Gasteiger partial charge in [0, 0.05) is 0 Å². The lowest BCUT2D eigenvalue weighted by Gasteiger charge is -2.25. The summed E-state index contributed by atoms with van der Waals surface area (Å²) in [5, 5.41) is 2.74. The van der Waals surface area contributed by atoms with Crippen molar-refractivity contribution in [2.24, 2.45) is 17.8 Å². The first-order valence-electron chi connectivity index (χ1n) is 7.85. The first kappa shape index (κ1) is 16.1. The number of carbonyl (C=O) groups is 2. The van der Waals surface area contributed by atoms with Crippen LogP contribution in [0.3, 0.4) is 0 Å². The molecule has 2 aliphatic rings. The molecular formula is C17H27NO3. The van der Waals surface area contributed by atoms with Gasteiger partial charge in [-0.2, -0.15) is 0 Å². The molecule has 4 heteroatoms. The number of amides is 1. The van der Waals surface area contributed by atoms with Crippen LogP contribution in [0, 0.1) is 17.8 Å². The van der Waals surface area contributed by atoms with Gasteiger partial charge in [0.1, 0.15) is 5.60 Å². The molecule has 0 aromatic rings.